The van der Waals surface area contributed by atoms with E-state index in [1.165, 1.54) is 17.7 Å². The summed E-state index contributed by atoms with van der Waals surface area (Å²) in [4.78, 5) is 25.3. The average molecular weight is 209 g/mol. The fourth-order valence-corrected chi connectivity index (χ4v) is 3.07. The third-order valence-corrected chi connectivity index (χ3v) is 3.77. The number of likely N-dealkylation sites (tertiary alicyclic amines) is 1. The predicted molar refractivity (Wildman–Crippen MR) is 57.1 cm³/mol. The number of piperidine rings is 1. The molecule has 1 aliphatic carbocycles. The molecule has 15 heavy (non-hydrogen) atoms. The SMILES string of the molecule is CC(C)N1C(=O)CC2(CCCC2)CC1=O. The molecular formula is C12H19NO2. The van der Waals surface area contributed by atoms with Crippen LogP contribution in [0.1, 0.15) is 52.4 Å². The van der Waals surface area contributed by atoms with E-state index in [0.717, 1.165) is 12.8 Å². The lowest BCUT2D eigenvalue weighted by Crippen LogP contribution is -2.50. The highest BCUT2D eigenvalue weighted by Crippen LogP contribution is 2.47. The maximum atomic E-state index is 11.9. The Morgan fingerprint density at radius 1 is 1.07 bits per heavy atom. The first-order valence-corrected chi connectivity index (χ1v) is 5.89. The third kappa shape index (κ3) is 1.80. The molecule has 1 spiro atoms. The van der Waals surface area contributed by atoms with Crippen molar-refractivity contribution >= 4 is 11.8 Å². The fraction of sp³-hybridized carbons (Fsp3) is 0.833. The number of rotatable bonds is 1. The lowest BCUT2D eigenvalue weighted by Gasteiger charge is -2.38. The molecule has 2 fully saturated rings. The van der Waals surface area contributed by atoms with Crippen LogP contribution in [0.15, 0.2) is 0 Å². The van der Waals surface area contributed by atoms with Crippen molar-refractivity contribution in [3.8, 4) is 0 Å². The van der Waals surface area contributed by atoms with E-state index < -0.39 is 0 Å². The van der Waals surface area contributed by atoms with Gasteiger partial charge in [-0.2, -0.15) is 0 Å². The molecule has 3 heteroatoms. The van der Waals surface area contributed by atoms with Gasteiger partial charge in [-0.05, 0) is 32.1 Å². The Bertz CT molecular complexity index is 270. The Balaban J connectivity index is 2.16. The molecule has 2 rings (SSSR count). The molecule has 0 bridgehead atoms. The van der Waals surface area contributed by atoms with Crippen LogP contribution >= 0.6 is 0 Å². The van der Waals surface area contributed by atoms with Gasteiger partial charge in [-0.1, -0.05) is 12.8 Å². The lowest BCUT2D eigenvalue weighted by atomic mass is 9.76. The van der Waals surface area contributed by atoms with Crippen LogP contribution < -0.4 is 0 Å². The van der Waals surface area contributed by atoms with E-state index in [4.69, 9.17) is 0 Å². The first kappa shape index (κ1) is 10.7. The van der Waals surface area contributed by atoms with Gasteiger partial charge in [0.15, 0.2) is 0 Å². The molecule has 0 radical (unpaired) electrons. The van der Waals surface area contributed by atoms with Crippen LogP contribution in [0.3, 0.4) is 0 Å². The van der Waals surface area contributed by atoms with E-state index >= 15 is 0 Å². The highest BCUT2D eigenvalue weighted by molar-refractivity contribution is 5.98. The van der Waals surface area contributed by atoms with Crippen molar-refractivity contribution in [3.05, 3.63) is 0 Å². The number of carbonyl (C=O) groups excluding carboxylic acids is 2. The summed E-state index contributed by atoms with van der Waals surface area (Å²) in [5, 5.41) is 0. The van der Waals surface area contributed by atoms with Crippen molar-refractivity contribution in [2.24, 2.45) is 5.41 Å². The molecule has 1 saturated heterocycles. The van der Waals surface area contributed by atoms with Crippen LogP contribution in [-0.2, 0) is 9.59 Å². The number of nitrogens with zero attached hydrogens (tertiary/aromatic N) is 1. The normalized spacial score (nSPS) is 25.7. The monoisotopic (exact) mass is 209 g/mol. The second-order valence-electron chi connectivity index (χ2n) is 5.31. The van der Waals surface area contributed by atoms with Gasteiger partial charge in [0.05, 0.1) is 0 Å². The highest BCUT2D eigenvalue weighted by atomic mass is 16.2. The van der Waals surface area contributed by atoms with Gasteiger partial charge < -0.3 is 0 Å². The number of hydrogen-bond acceptors (Lipinski definition) is 2. The van der Waals surface area contributed by atoms with Crippen molar-refractivity contribution in [3.63, 3.8) is 0 Å². The molecule has 3 nitrogen and oxygen atoms in total. The van der Waals surface area contributed by atoms with Crippen LogP contribution in [0.4, 0.5) is 0 Å². The van der Waals surface area contributed by atoms with Crippen molar-refractivity contribution in [2.45, 2.75) is 58.4 Å². The Labute approximate surface area is 90.8 Å². The topological polar surface area (TPSA) is 37.4 Å². The zero-order valence-corrected chi connectivity index (χ0v) is 9.58. The van der Waals surface area contributed by atoms with Gasteiger partial charge >= 0.3 is 0 Å². The first-order chi connectivity index (χ1) is 7.04. The van der Waals surface area contributed by atoms with Crippen LogP contribution in [0.25, 0.3) is 0 Å². The van der Waals surface area contributed by atoms with Crippen LogP contribution in [-0.4, -0.2) is 22.8 Å². The molecule has 0 aromatic heterocycles. The van der Waals surface area contributed by atoms with Gasteiger partial charge in [0.2, 0.25) is 11.8 Å². The molecule has 2 aliphatic rings. The molecule has 1 aliphatic heterocycles. The van der Waals surface area contributed by atoms with E-state index in [-0.39, 0.29) is 23.3 Å². The second-order valence-corrected chi connectivity index (χ2v) is 5.31. The molecule has 0 atom stereocenters. The van der Waals surface area contributed by atoms with Crippen molar-refractivity contribution in [1.29, 1.82) is 0 Å². The maximum Gasteiger partial charge on any atom is 0.229 e. The molecule has 0 unspecified atom stereocenters. The van der Waals surface area contributed by atoms with E-state index in [1.807, 2.05) is 13.8 Å². The predicted octanol–water partition coefficient (Wildman–Crippen LogP) is 2.10. The number of hydrogen-bond donors (Lipinski definition) is 0. The molecule has 2 amide bonds. The Hall–Kier alpha value is -0.860. The summed E-state index contributed by atoms with van der Waals surface area (Å²) < 4.78 is 0. The molecule has 1 heterocycles. The zero-order valence-electron chi connectivity index (χ0n) is 9.58. The minimum absolute atomic E-state index is 0.0174. The zero-order chi connectivity index (χ0) is 11.1. The van der Waals surface area contributed by atoms with E-state index in [1.54, 1.807) is 0 Å². The highest BCUT2D eigenvalue weighted by Gasteiger charge is 2.45. The van der Waals surface area contributed by atoms with Gasteiger partial charge in [-0.3, -0.25) is 14.5 Å². The minimum Gasteiger partial charge on any atom is -0.280 e. The molecular weight excluding hydrogens is 190 g/mol. The fourth-order valence-electron chi connectivity index (χ4n) is 3.07. The average Bonchev–Trinajstić information content (AvgIpc) is 2.50. The minimum atomic E-state index is 0.0174. The summed E-state index contributed by atoms with van der Waals surface area (Å²) in [7, 11) is 0. The quantitative estimate of drug-likeness (QED) is 0.620. The molecule has 0 aromatic carbocycles. The number of carbonyl (C=O) groups is 2. The lowest BCUT2D eigenvalue weighted by molar-refractivity contribution is -0.155. The second kappa shape index (κ2) is 3.62. The van der Waals surface area contributed by atoms with Crippen LogP contribution in [0.5, 0.6) is 0 Å². The summed E-state index contributed by atoms with van der Waals surface area (Å²) >= 11 is 0. The Morgan fingerprint density at radius 3 is 1.93 bits per heavy atom. The maximum absolute atomic E-state index is 11.9. The summed E-state index contributed by atoms with van der Waals surface area (Å²) in [6.07, 6.45) is 5.69. The van der Waals surface area contributed by atoms with Crippen LogP contribution in [0, 0.1) is 5.41 Å². The van der Waals surface area contributed by atoms with Crippen molar-refractivity contribution < 1.29 is 9.59 Å². The largest absolute Gasteiger partial charge is 0.280 e. The molecule has 1 saturated carbocycles. The summed E-state index contributed by atoms with van der Waals surface area (Å²) in [5.74, 6) is 0.0892. The Kier molecular flexibility index (Phi) is 2.57. The molecule has 84 valence electrons. The van der Waals surface area contributed by atoms with Gasteiger partial charge in [0.25, 0.3) is 0 Å². The van der Waals surface area contributed by atoms with Gasteiger partial charge in [0.1, 0.15) is 0 Å². The van der Waals surface area contributed by atoms with Gasteiger partial charge in [-0.15, -0.1) is 0 Å². The molecule has 0 N–H and O–H groups in total. The Morgan fingerprint density at radius 2 is 1.53 bits per heavy atom. The van der Waals surface area contributed by atoms with E-state index in [9.17, 15) is 9.59 Å². The van der Waals surface area contributed by atoms with Crippen LogP contribution in [0.2, 0.25) is 0 Å². The summed E-state index contributed by atoms with van der Waals surface area (Å²) in [5.41, 5.74) is 0.0412. The number of imide groups is 1. The number of amides is 2. The third-order valence-electron chi connectivity index (χ3n) is 3.77. The van der Waals surface area contributed by atoms with Gasteiger partial charge in [-0.25, -0.2) is 0 Å². The van der Waals surface area contributed by atoms with Gasteiger partial charge in [0, 0.05) is 18.9 Å². The van der Waals surface area contributed by atoms with E-state index in [0.29, 0.717) is 12.8 Å². The first-order valence-electron chi connectivity index (χ1n) is 5.89. The van der Waals surface area contributed by atoms with Crippen molar-refractivity contribution in [1.82, 2.24) is 4.90 Å². The standard InChI is InChI=1S/C12H19NO2/c1-9(2)13-10(14)7-12(8-11(13)15)5-3-4-6-12/h9H,3-8H2,1-2H3. The summed E-state index contributed by atoms with van der Waals surface area (Å²) in [6.45, 7) is 3.81. The van der Waals surface area contributed by atoms with E-state index in [2.05, 4.69) is 0 Å². The molecule has 0 aromatic rings. The summed E-state index contributed by atoms with van der Waals surface area (Å²) in [6, 6.07) is 0.0174. The van der Waals surface area contributed by atoms with Crippen molar-refractivity contribution in [2.75, 3.05) is 0 Å². The smallest absolute Gasteiger partial charge is 0.229 e.